The van der Waals surface area contributed by atoms with Crippen molar-refractivity contribution in [3.05, 3.63) is 92.1 Å². The standard InChI is InChI=1S/C26H20FN7O3.C2H4.H2O.3H2/c1-14(35)30-16-4-6-17(7-5-16)31-26(36)32-18-8-9-19(20(27)12-18)25-33-21-11-15(22-3-2-10-37-22)13-29-23(21)24(28)34-25;1-2;;;;/h2-13H,1H3,(H,30,35)(H2,28,33,34)(H2,31,32,36);1-2H2;1H2;3*1H. The first-order valence-electron chi connectivity index (χ1n) is 11.6. The molecular formula is C28H32FN7O4. The van der Waals surface area contributed by atoms with Gasteiger partial charge in [0.1, 0.15) is 17.1 Å². The van der Waals surface area contributed by atoms with Crippen LogP contribution in [-0.2, 0) is 4.79 Å². The smallest absolute Gasteiger partial charge is 0.323 e. The normalized spacial score (nSPS) is 10.1. The Morgan fingerprint density at radius 1 is 0.950 bits per heavy atom. The maximum Gasteiger partial charge on any atom is 0.323 e. The first-order valence-corrected chi connectivity index (χ1v) is 11.6. The van der Waals surface area contributed by atoms with Gasteiger partial charge in [0.2, 0.25) is 5.91 Å². The predicted octanol–water partition coefficient (Wildman–Crippen LogP) is 5.99. The van der Waals surface area contributed by atoms with Crippen molar-refractivity contribution in [3.8, 4) is 22.7 Å². The third-order valence-corrected chi connectivity index (χ3v) is 5.30. The molecule has 12 heteroatoms. The second kappa shape index (κ2) is 12.8. The maximum absolute atomic E-state index is 15.0. The van der Waals surface area contributed by atoms with Crippen LogP contribution in [0.15, 0.2) is 90.7 Å². The fourth-order valence-corrected chi connectivity index (χ4v) is 3.65. The van der Waals surface area contributed by atoms with Gasteiger partial charge in [0, 0.05) is 40.0 Å². The molecule has 0 radical (unpaired) electrons. The molecule has 7 N–H and O–H groups in total. The number of carbonyl (C=O) groups is 2. The maximum atomic E-state index is 15.0. The Kier molecular flexibility index (Phi) is 9.23. The number of benzene rings is 2. The highest BCUT2D eigenvalue weighted by Crippen LogP contribution is 2.28. The van der Waals surface area contributed by atoms with Crippen molar-refractivity contribution in [3.63, 3.8) is 0 Å². The molecule has 0 saturated carbocycles. The molecule has 0 spiro atoms. The van der Waals surface area contributed by atoms with Crippen LogP contribution in [0, 0.1) is 5.82 Å². The van der Waals surface area contributed by atoms with Crippen molar-refractivity contribution >= 4 is 45.9 Å². The number of urea groups is 1. The Labute approximate surface area is 232 Å². The van der Waals surface area contributed by atoms with Gasteiger partial charge in [-0.3, -0.25) is 4.79 Å². The number of nitrogens with one attached hydrogen (secondary N) is 3. The van der Waals surface area contributed by atoms with Gasteiger partial charge in [0.15, 0.2) is 11.6 Å². The van der Waals surface area contributed by atoms with Crippen molar-refractivity contribution in [2.24, 2.45) is 0 Å². The number of hydrogen-bond donors (Lipinski definition) is 4. The summed E-state index contributed by atoms with van der Waals surface area (Å²) in [5, 5.41) is 7.85. The van der Waals surface area contributed by atoms with Gasteiger partial charge in [-0.25, -0.2) is 24.1 Å². The number of hydrogen-bond acceptors (Lipinski definition) is 7. The highest BCUT2D eigenvalue weighted by Gasteiger charge is 2.15. The van der Waals surface area contributed by atoms with E-state index in [0.29, 0.717) is 33.7 Å². The Morgan fingerprint density at radius 2 is 1.60 bits per heavy atom. The summed E-state index contributed by atoms with van der Waals surface area (Å²) in [4.78, 5) is 36.4. The summed E-state index contributed by atoms with van der Waals surface area (Å²) in [6.07, 6.45) is 3.15. The highest BCUT2D eigenvalue weighted by atomic mass is 19.1. The van der Waals surface area contributed by atoms with E-state index >= 15 is 4.39 Å². The molecule has 0 unspecified atom stereocenters. The quantitative estimate of drug-likeness (QED) is 0.194. The van der Waals surface area contributed by atoms with Crippen LogP contribution in [0.25, 0.3) is 33.7 Å². The van der Waals surface area contributed by atoms with Crippen LogP contribution in [0.3, 0.4) is 0 Å². The van der Waals surface area contributed by atoms with Crippen LogP contribution in [0.1, 0.15) is 11.2 Å². The molecule has 0 aliphatic heterocycles. The second-order valence-electron chi connectivity index (χ2n) is 8.03. The van der Waals surface area contributed by atoms with Crippen molar-refractivity contribution in [1.82, 2.24) is 15.0 Å². The van der Waals surface area contributed by atoms with Crippen molar-refractivity contribution in [2.75, 3.05) is 21.7 Å². The lowest BCUT2D eigenvalue weighted by Crippen LogP contribution is -2.19. The molecule has 3 amide bonds. The fraction of sp³-hybridized carbons (Fsp3) is 0.0357. The van der Waals surface area contributed by atoms with E-state index in [0.717, 1.165) is 6.07 Å². The number of halogens is 1. The molecule has 2 aromatic carbocycles. The van der Waals surface area contributed by atoms with E-state index in [1.165, 1.54) is 19.1 Å². The van der Waals surface area contributed by atoms with Gasteiger partial charge >= 0.3 is 6.03 Å². The van der Waals surface area contributed by atoms with E-state index in [1.807, 2.05) is 0 Å². The Bertz CT molecular complexity index is 1660. The molecule has 0 saturated heterocycles. The highest BCUT2D eigenvalue weighted by molar-refractivity contribution is 6.00. The number of anilines is 4. The number of fused-ring (bicyclic) bond motifs is 1. The minimum atomic E-state index is -0.647. The number of aromatic nitrogens is 3. The number of pyridine rings is 1. The van der Waals surface area contributed by atoms with Crippen LogP contribution in [0.4, 0.5) is 32.1 Å². The number of furan rings is 1. The van der Waals surface area contributed by atoms with Crippen LogP contribution < -0.4 is 21.7 Å². The van der Waals surface area contributed by atoms with Gasteiger partial charge in [0.25, 0.3) is 0 Å². The van der Waals surface area contributed by atoms with Crippen LogP contribution in [-0.4, -0.2) is 32.4 Å². The Balaban J connectivity index is 0.00000288. The van der Waals surface area contributed by atoms with Gasteiger partial charge in [0.05, 0.1) is 17.3 Å². The number of rotatable bonds is 5. The Hall–Kier alpha value is -5.62. The lowest BCUT2D eigenvalue weighted by atomic mass is 10.1. The molecular weight excluding hydrogens is 517 g/mol. The van der Waals surface area contributed by atoms with Crippen LogP contribution >= 0.6 is 0 Å². The van der Waals surface area contributed by atoms with E-state index in [1.54, 1.807) is 54.9 Å². The Morgan fingerprint density at radius 3 is 2.23 bits per heavy atom. The number of nitrogen functional groups attached to an aromatic ring is 1. The molecule has 0 bridgehead atoms. The third-order valence-electron chi connectivity index (χ3n) is 5.30. The number of amides is 3. The average Bonchev–Trinajstić information content (AvgIpc) is 3.46. The van der Waals surface area contributed by atoms with Crippen molar-refractivity contribution in [1.29, 1.82) is 0 Å². The summed E-state index contributed by atoms with van der Waals surface area (Å²) >= 11 is 0. The van der Waals surface area contributed by atoms with Gasteiger partial charge in [-0.15, -0.1) is 13.2 Å². The molecule has 210 valence electrons. The van der Waals surface area contributed by atoms with Gasteiger partial charge in [-0.1, -0.05) is 0 Å². The summed E-state index contributed by atoms with van der Waals surface area (Å²) in [7, 11) is 0. The number of carbonyl (C=O) groups excluding carboxylic acids is 2. The molecule has 3 aromatic heterocycles. The molecule has 0 aliphatic rings. The van der Waals surface area contributed by atoms with E-state index in [2.05, 4.69) is 44.1 Å². The minimum Gasteiger partial charge on any atom is -0.464 e. The van der Waals surface area contributed by atoms with Crippen LogP contribution in [0.2, 0.25) is 0 Å². The summed E-state index contributed by atoms with van der Waals surface area (Å²) in [6.45, 7) is 7.40. The van der Waals surface area contributed by atoms with Crippen molar-refractivity contribution < 1.29 is 28.2 Å². The average molecular weight is 550 g/mol. The van der Waals surface area contributed by atoms with E-state index in [-0.39, 0.29) is 38.6 Å². The molecule has 5 rings (SSSR count). The molecule has 0 fully saturated rings. The summed E-state index contributed by atoms with van der Waals surface area (Å²) < 4.78 is 20.4. The monoisotopic (exact) mass is 549 g/mol. The molecule has 11 nitrogen and oxygen atoms in total. The zero-order valence-corrected chi connectivity index (χ0v) is 21.4. The first kappa shape index (κ1) is 28.9. The predicted molar refractivity (Wildman–Crippen MR) is 159 cm³/mol. The van der Waals surface area contributed by atoms with E-state index < -0.39 is 11.8 Å². The largest absolute Gasteiger partial charge is 0.464 e. The molecule has 40 heavy (non-hydrogen) atoms. The third kappa shape index (κ3) is 6.62. The van der Waals surface area contributed by atoms with Gasteiger partial charge in [-0.2, -0.15) is 0 Å². The fourth-order valence-electron chi connectivity index (χ4n) is 3.65. The zero-order chi connectivity index (χ0) is 27.9. The van der Waals surface area contributed by atoms with Gasteiger partial charge < -0.3 is 31.6 Å². The number of nitrogens with zero attached hydrogens (tertiary/aromatic N) is 3. The SMILES string of the molecule is C=C.CC(=O)Nc1ccc(NC(=O)Nc2ccc(-c3nc(N)c4ncc(-c5ccco5)cc4n3)c(F)c2)cc1.O.[HH].[HH].[HH]. The van der Waals surface area contributed by atoms with E-state index in [9.17, 15) is 9.59 Å². The number of nitrogens with two attached hydrogens (primary N) is 1. The first-order chi connectivity index (χ1) is 18.9. The zero-order valence-electron chi connectivity index (χ0n) is 21.4. The molecule has 0 atom stereocenters. The lowest BCUT2D eigenvalue weighted by Gasteiger charge is -2.10. The van der Waals surface area contributed by atoms with Crippen molar-refractivity contribution in [2.45, 2.75) is 6.92 Å². The lowest BCUT2D eigenvalue weighted by molar-refractivity contribution is -0.114. The topological polar surface area (TPSA) is 180 Å². The molecule has 0 aliphatic carbocycles. The summed E-state index contributed by atoms with van der Waals surface area (Å²) in [5.74, 6) is -0.0494. The van der Waals surface area contributed by atoms with Gasteiger partial charge in [-0.05, 0) is 60.7 Å². The molecule has 5 aromatic rings. The molecule has 3 heterocycles. The second-order valence-corrected chi connectivity index (χ2v) is 8.03. The minimum absolute atomic E-state index is 0. The van der Waals surface area contributed by atoms with Crippen LogP contribution in [0.5, 0.6) is 0 Å². The van der Waals surface area contributed by atoms with E-state index in [4.69, 9.17) is 10.2 Å². The summed E-state index contributed by atoms with van der Waals surface area (Å²) in [6, 6.07) is 15.4. The summed E-state index contributed by atoms with van der Waals surface area (Å²) in [5.41, 5.74) is 9.01.